The van der Waals surface area contributed by atoms with Gasteiger partial charge in [-0.25, -0.2) is 14.6 Å². The number of fused-ring (bicyclic) bond motifs is 1. The highest BCUT2D eigenvalue weighted by atomic mass is 35.5. The van der Waals surface area contributed by atoms with Crippen LogP contribution in [0.1, 0.15) is 23.7 Å². The molecule has 0 bridgehead atoms. The first-order valence-corrected chi connectivity index (χ1v) is 13.3. The van der Waals surface area contributed by atoms with Crippen molar-refractivity contribution in [2.45, 2.75) is 12.5 Å². The van der Waals surface area contributed by atoms with Gasteiger partial charge in [-0.15, -0.1) is 0 Å². The largest absolute Gasteiger partial charge is 0.494 e. The summed E-state index contributed by atoms with van der Waals surface area (Å²) in [7, 11) is 3.75. The molecule has 6 aromatic rings. The van der Waals surface area contributed by atoms with E-state index in [-0.39, 0.29) is 5.56 Å². The van der Waals surface area contributed by atoms with Gasteiger partial charge in [0.05, 0.1) is 30.3 Å². The van der Waals surface area contributed by atoms with E-state index in [1.165, 1.54) is 6.33 Å². The molecule has 0 fully saturated rings. The zero-order valence-corrected chi connectivity index (χ0v) is 23.1. The maximum Gasteiger partial charge on any atom is 0.251 e. The van der Waals surface area contributed by atoms with Crippen LogP contribution in [0.4, 0.5) is 0 Å². The number of pyridine rings is 1. The highest BCUT2D eigenvalue weighted by Gasteiger charge is 2.42. The van der Waals surface area contributed by atoms with Gasteiger partial charge >= 0.3 is 0 Å². The summed E-state index contributed by atoms with van der Waals surface area (Å²) >= 11 is 6.33. The van der Waals surface area contributed by atoms with Crippen LogP contribution >= 0.6 is 11.6 Å². The molecule has 3 heterocycles. The fourth-order valence-corrected chi connectivity index (χ4v) is 5.59. The van der Waals surface area contributed by atoms with Crippen molar-refractivity contribution in [2.24, 2.45) is 14.1 Å². The second-order valence-corrected chi connectivity index (χ2v) is 10.0. The van der Waals surface area contributed by atoms with Crippen molar-refractivity contribution in [3.05, 3.63) is 130 Å². The minimum absolute atomic E-state index is 0.0936. The second-order valence-electron chi connectivity index (χ2n) is 9.60. The van der Waals surface area contributed by atoms with Gasteiger partial charge in [0.1, 0.15) is 18.4 Å². The van der Waals surface area contributed by atoms with Crippen molar-refractivity contribution in [1.82, 2.24) is 28.9 Å². The van der Waals surface area contributed by atoms with Crippen LogP contribution in [0.5, 0.6) is 5.75 Å². The Morgan fingerprint density at radius 2 is 1.73 bits per heavy atom. The molecule has 200 valence electrons. The van der Waals surface area contributed by atoms with E-state index in [1.807, 2.05) is 90.1 Å². The summed E-state index contributed by atoms with van der Waals surface area (Å²) in [5.41, 5.74) is 4.20. The van der Waals surface area contributed by atoms with Gasteiger partial charge in [0, 0.05) is 30.6 Å². The van der Waals surface area contributed by atoms with E-state index >= 15 is 0 Å². The van der Waals surface area contributed by atoms with E-state index in [4.69, 9.17) is 16.3 Å². The molecule has 0 aliphatic heterocycles. The van der Waals surface area contributed by atoms with Crippen molar-refractivity contribution in [2.75, 3.05) is 6.61 Å². The number of hydrogen-bond acceptors (Lipinski definition) is 5. The molecule has 40 heavy (non-hydrogen) atoms. The van der Waals surface area contributed by atoms with Crippen molar-refractivity contribution in [3.8, 4) is 16.9 Å². The molecule has 1 atom stereocenters. The minimum Gasteiger partial charge on any atom is -0.494 e. The molecule has 1 unspecified atom stereocenters. The average molecular weight is 551 g/mol. The Bertz CT molecular complexity index is 1880. The van der Waals surface area contributed by atoms with Crippen LogP contribution in [0.3, 0.4) is 0 Å². The number of benzene rings is 3. The summed E-state index contributed by atoms with van der Waals surface area (Å²) in [6.45, 7) is 2.50. The molecule has 3 aromatic heterocycles. The lowest BCUT2D eigenvalue weighted by Crippen LogP contribution is -2.40. The normalized spacial score (nSPS) is 12.9. The van der Waals surface area contributed by atoms with Gasteiger partial charge < -0.3 is 13.9 Å². The Morgan fingerprint density at radius 3 is 2.42 bits per heavy atom. The van der Waals surface area contributed by atoms with E-state index in [0.717, 1.165) is 44.6 Å². The van der Waals surface area contributed by atoms with Crippen molar-refractivity contribution in [1.29, 1.82) is 0 Å². The molecule has 0 saturated heterocycles. The third-order valence-electron chi connectivity index (χ3n) is 7.33. The summed E-state index contributed by atoms with van der Waals surface area (Å²) in [4.78, 5) is 21.9. The van der Waals surface area contributed by atoms with E-state index < -0.39 is 5.54 Å². The molecule has 0 spiro atoms. The monoisotopic (exact) mass is 550 g/mol. The molecule has 9 heteroatoms. The van der Waals surface area contributed by atoms with Crippen molar-refractivity contribution >= 4 is 22.5 Å². The molecule has 0 aliphatic rings. The number of nitrogens with zero attached hydrogens (tertiary/aromatic N) is 6. The summed E-state index contributed by atoms with van der Waals surface area (Å²) < 4.78 is 11.3. The van der Waals surface area contributed by atoms with E-state index in [1.54, 1.807) is 30.3 Å². The minimum atomic E-state index is -0.945. The summed E-state index contributed by atoms with van der Waals surface area (Å²) in [6.07, 6.45) is 6.84. The van der Waals surface area contributed by atoms with Gasteiger partial charge in [0.2, 0.25) is 0 Å². The Kier molecular flexibility index (Phi) is 6.48. The van der Waals surface area contributed by atoms with Crippen LogP contribution < -0.4 is 10.3 Å². The number of ether oxygens (including phenoxy) is 1. The third kappa shape index (κ3) is 4.08. The summed E-state index contributed by atoms with van der Waals surface area (Å²) in [5.74, 6) is 0.748. The maximum atomic E-state index is 13.1. The van der Waals surface area contributed by atoms with E-state index in [9.17, 15) is 4.79 Å². The van der Waals surface area contributed by atoms with Crippen LogP contribution in [0.15, 0.2) is 103 Å². The third-order valence-corrected chi connectivity index (χ3v) is 7.58. The fraction of sp³-hybridized carbons (Fsp3) is 0.161. The van der Waals surface area contributed by atoms with Crippen molar-refractivity contribution in [3.63, 3.8) is 0 Å². The number of aryl methyl sites for hydroxylation is 2. The molecule has 6 rings (SSSR count). The van der Waals surface area contributed by atoms with Gasteiger partial charge in [0.15, 0.2) is 5.54 Å². The van der Waals surface area contributed by atoms with Crippen LogP contribution in [-0.2, 0) is 19.6 Å². The molecule has 0 saturated carbocycles. The molecular weight excluding hydrogens is 524 g/mol. The molecule has 0 amide bonds. The van der Waals surface area contributed by atoms with Crippen LogP contribution in [0.2, 0.25) is 5.02 Å². The molecule has 8 nitrogen and oxygen atoms in total. The van der Waals surface area contributed by atoms with Gasteiger partial charge in [-0.3, -0.25) is 4.79 Å². The maximum absolute atomic E-state index is 13.1. The predicted octanol–water partition coefficient (Wildman–Crippen LogP) is 5.42. The zero-order chi connectivity index (χ0) is 27.9. The number of aromatic nitrogens is 6. The predicted molar refractivity (Wildman–Crippen MR) is 156 cm³/mol. The number of imidazole rings is 1. The van der Waals surface area contributed by atoms with E-state index in [2.05, 4.69) is 21.1 Å². The first kappa shape index (κ1) is 25.6. The Morgan fingerprint density at radius 1 is 0.925 bits per heavy atom. The SMILES string of the molecule is CCOc1cccc(-c2cc(=O)n(C)c3ccc(C(c4ccc(Cl)cc4)(c4cncn4C)n4cncn4)cc23)c1. The van der Waals surface area contributed by atoms with E-state index in [0.29, 0.717) is 11.6 Å². The number of hydrogen-bond donors (Lipinski definition) is 0. The summed E-state index contributed by atoms with van der Waals surface area (Å²) in [5, 5.41) is 6.19. The molecule has 0 N–H and O–H groups in total. The quantitative estimate of drug-likeness (QED) is 0.265. The molecule has 3 aromatic carbocycles. The smallest absolute Gasteiger partial charge is 0.251 e. The molecule has 0 radical (unpaired) electrons. The first-order valence-electron chi connectivity index (χ1n) is 12.9. The molecular formula is C31H27ClN6O2. The Hall–Kier alpha value is -4.69. The highest BCUT2D eigenvalue weighted by molar-refractivity contribution is 6.30. The first-order chi connectivity index (χ1) is 19.4. The summed E-state index contributed by atoms with van der Waals surface area (Å²) in [6, 6.07) is 23.4. The fourth-order valence-electron chi connectivity index (χ4n) is 5.47. The standard InChI is InChI=1S/C31H27ClN6O2/c1-4-40-25-7-5-6-21(14-25)26-16-30(39)37(3)28-13-10-23(15-27(26)28)31(38-20-34-18-35-38,29-17-33-19-36(29)2)22-8-11-24(32)12-9-22/h5-20H,4H2,1-3H3. The zero-order valence-electron chi connectivity index (χ0n) is 22.3. The van der Waals surface area contributed by atoms with Gasteiger partial charge in [-0.05, 0) is 65.6 Å². The Balaban J connectivity index is 1.72. The van der Waals surface area contributed by atoms with Crippen molar-refractivity contribution < 1.29 is 4.74 Å². The number of rotatable bonds is 7. The number of halogens is 1. The lowest BCUT2D eigenvalue weighted by atomic mass is 9.79. The lowest BCUT2D eigenvalue weighted by Gasteiger charge is -2.35. The van der Waals surface area contributed by atoms with Gasteiger partial charge in [0.25, 0.3) is 5.56 Å². The van der Waals surface area contributed by atoms with Crippen LogP contribution in [0, 0.1) is 0 Å². The topological polar surface area (TPSA) is 79.8 Å². The van der Waals surface area contributed by atoms with Crippen LogP contribution in [0.25, 0.3) is 22.0 Å². The van der Waals surface area contributed by atoms with Gasteiger partial charge in [-0.1, -0.05) is 41.9 Å². The van der Waals surface area contributed by atoms with Gasteiger partial charge in [-0.2, -0.15) is 5.10 Å². The molecule has 0 aliphatic carbocycles. The average Bonchev–Trinajstić information content (AvgIpc) is 3.66. The highest BCUT2D eigenvalue weighted by Crippen LogP contribution is 2.42. The second kappa shape index (κ2) is 10.1. The van der Waals surface area contributed by atoms with Crippen LogP contribution in [-0.4, -0.2) is 35.5 Å². The lowest BCUT2D eigenvalue weighted by molar-refractivity contribution is 0.340. The Labute approximate surface area is 236 Å².